The highest BCUT2D eigenvalue weighted by atomic mass is 16.5. The number of aliphatic carboxylic acids is 1. The molecule has 0 spiro atoms. The van der Waals surface area contributed by atoms with E-state index in [-0.39, 0.29) is 25.2 Å². The number of carbonyl (C=O) groups excluding carboxylic acids is 2. The van der Waals surface area contributed by atoms with Crippen LogP contribution in [0.3, 0.4) is 0 Å². The summed E-state index contributed by atoms with van der Waals surface area (Å²) < 4.78 is 5.85. The number of carboxylic acids is 1. The lowest BCUT2D eigenvalue weighted by Gasteiger charge is -2.09. The Morgan fingerprint density at radius 2 is 1.54 bits per heavy atom. The summed E-state index contributed by atoms with van der Waals surface area (Å²) in [4.78, 5) is 22.1. The van der Waals surface area contributed by atoms with Crippen molar-refractivity contribution in [3.63, 3.8) is 0 Å². The molecule has 0 bridgehead atoms. The molecule has 0 atom stereocenters. The molecular weight excluding hydrogens is 330 g/mol. The zero-order valence-corrected chi connectivity index (χ0v) is 14.1. The first kappa shape index (κ1) is 17.5. The summed E-state index contributed by atoms with van der Waals surface area (Å²) >= 11 is 0. The fourth-order valence-corrected chi connectivity index (χ4v) is 2.59. The third-order valence-electron chi connectivity index (χ3n) is 3.88. The fraction of sp³-hybridized carbons (Fsp3) is 0.143. The maximum atomic E-state index is 11.7. The van der Waals surface area contributed by atoms with E-state index in [0.29, 0.717) is 11.4 Å². The molecule has 0 aliphatic heterocycles. The number of hydrogen-bond donors (Lipinski definition) is 1. The second-order valence-electron chi connectivity index (χ2n) is 5.91. The van der Waals surface area contributed by atoms with Gasteiger partial charge in [0.2, 0.25) is 5.91 Å². The summed E-state index contributed by atoms with van der Waals surface area (Å²) in [5, 5.41) is 15.3. The molecule has 0 fully saturated rings. The maximum absolute atomic E-state index is 11.7. The molecule has 0 aromatic heterocycles. The zero-order chi connectivity index (χ0) is 18.4. The summed E-state index contributed by atoms with van der Waals surface area (Å²) in [5.74, 6) is 0.0282. The number of benzene rings is 3. The van der Waals surface area contributed by atoms with E-state index in [0.717, 1.165) is 16.5 Å². The second kappa shape index (κ2) is 8.16. The van der Waals surface area contributed by atoms with E-state index in [1.54, 1.807) is 24.3 Å². The predicted octanol–water partition coefficient (Wildman–Crippen LogP) is 3.49. The van der Waals surface area contributed by atoms with Crippen molar-refractivity contribution in [3.05, 3.63) is 66.7 Å². The number of carbonyl (C=O) groups is 2. The van der Waals surface area contributed by atoms with Crippen LogP contribution in [0.5, 0.6) is 11.5 Å². The lowest BCUT2D eigenvalue weighted by molar-refractivity contribution is -0.305. The minimum absolute atomic E-state index is 0.119. The van der Waals surface area contributed by atoms with Crippen LogP contribution in [0.1, 0.15) is 19.3 Å². The van der Waals surface area contributed by atoms with Crippen LogP contribution in [0.25, 0.3) is 10.8 Å². The zero-order valence-electron chi connectivity index (χ0n) is 14.1. The number of nitrogens with one attached hydrogen (secondary N) is 1. The van der Waals surface area contributed by atoms with Gasteiger partial charge in [-0.1, -0.05) is 30.3 Å². The molecule has 0 radical (unpaired) electrons. The van der Waals surface area contributed by atoms with Gasteiger partial charge in [0, 0.05) is 18.1 Å². The van der Waals surface area contributed by atoms with Crippen molar-refractivity contribution >= 4 is 28.3 Å². The van der Waals surface area contributed by atoms with Crippen LogP contribution in [-0.4, -0.2) is 11.9 Å². The minimum Gasteiger partial charge on any atom is -0.550 e. The van der Waals surface area contributed by atoms with Gasteiger partial charge in [-0.05, 0) is 60.0 Å². The topological polar surface area (TPSA) is 78.5 Å². The summed E-state index contributed by atoms with van der Waals surface area (Å²) in [6.07, 6.45) is 0.284. The molecule has 26 heavy (non-hydrogen) atoms. The fourth-order valence-electron chi connectivity index (χ4n) is 2.59. The third kappa shape index (κ3) is 4.83. The van der Waals surface area contributed by atoms with E-state index in [1.165, 1.54) is 0 Å². The maximum Gasteiger partial charge on any atom is 0.224 e. The summed E-state index contributed by atoms with van der Waals surface area (Å²) in [6, 6.07) is 21.0. The SMILES string of the molecule is O=C([O-])CCCC(=O)Nc1ccc(Oc2ccc3ccccc3c2)cc1. The number of ether oxygens (including phenoxy) is 1. The Labute approximate surface area is 151 Å². The first-order chi connectivity index (χ1) is 12.6. The van der Waals surface area contributed by atoms with Crippen LogP contribution >= 0.6 is 0 Å². The molecule has 0 aliphatic carbocycles. The van der Waals surface area contributed by atoms with Crippen LogP contribution < -0.4 is 15.2 Å². The average Bonchev–Trinajstić information content (AvgIpc) is 2.63. The van der Waals surface area contributed by atoms with Gasteiger partial charge in [0.1, 0.15) is 11.5 Å². The monoisotopic (exact) mass is 348 g/mol. The molecule has 0 heterocycles. The van der Waals surface area contributed by atoms with E-state index >= 15 is 0 Å². The van der Waals surface area contributed by atoms with E-state index in [4.69, 9.17) is 4.74 Å². The van der Waals surface area contributed by atoms with E-state index < -0.39 is 5.97 Å². The molecule has 0 saturated heterocycles. The Morgan fingerprint density at radius 1 is 0.846 bits per heavy atom. The van der Waals surface area contributed by atoms with Crippen LogP contribution in [-0.2, 0) is 9.59 Å². The number of rotatable bonds is 7. The number of anilines is 1. The number of hydrogen-bond acceptors (Lipinski definition) is 4. The van der Waals surface area contributed by atoms with Crippen molar-refractivity contribution in [2.45, 2.75) is 19.3 Å². The van der Waals surface area contributed by atoms with Crippen LogP contribution in [0, 0.1) is 0 Å². The van der Waals surface area contributed by atoms with Gasteiger partial charge in [-0.3, -0.25) is 4.79 Å². The number of amides is 1. The van der Waals surface area contributed by atoms with Gasteiger partial charge in [0.05, 0.1) is 0 Å². The standard InChI is InChI=1S/C21H19NO4/c23-20(6-3-7-21(24)25)22-17-9-12-18(13-10-17)26-19-11-8-15-4-1-2-5-16(15)14-19/h1-2,4-5,8-14H,3,6-7H2,(H,22,23)(H,24,25)/p-1. The lowest BCUT2D eigenvalue weighted by atomic mass is 10.1. The first-order valence-electron chi connectivity index (χ1n) is 8.36. The molecule has 3 rings (SSSR count). The third-order valence-corrected chi connectivity index (χ3v) is 3.88. The molecule has 132 valence electrons. The molecular formula is C21H18NO4-. The Balaban J connectivity index is 1.58. The Morgan fingerprint density at radius 3 is 2.27 bits per heavy atom. The van der Waals surface area contributed by atoms with Gasteiger partial charge in [-0.15, -0.1) is 0 Å². The smallest absolute Gasteiger partial charge is 0.224 e. The van der Waals surface area contributed by atoms with Gasteiger partial charge >= 0.3 is 0 Å². The highest BCUT2D eigenvalue weighted by molar-refractivity contribution is 5.90. The number of fused-ring (bicyclic) bond motifs is 1. The van der Waals surface area contributed by atoms with E-state index in [9.17, 15) is 14.7 Å². The summed E-state index contributed by atoms with van der Waals surface area (Å²) in [7, 11) is 0. The van der Waals surface area contributed by atoms with Crippen LogP contribution in [0.2, 0.25) is 0 Å². The van der Waals surface area contributed by atoms with Crippen molar-refractivity contribution in [3.8, 4) is 11.5 Å². The first-order valence-corrected chi connectivity index (χ1v) is 8.36. The highest BCUT2D eigenvalue weighted by Gasteiger charge is 2.04. The quantitative estimate of drug-likeness (QED) is 0.709. The van der Waals surface area contributed by atoms with Gasteiger partial charge < -0.3 is 20.0 Å². The van der Waals surface area contributed by atoms with Gasteiger partial charge in [0.25, 0.3) is 0 Å². The highest BCUT2D eigenvalue weighted by Crippen LogP contribution is 2.26. The van der Waals surface area contributed by atoms with Gasteiger partial charge in [-0.2, -0.15) is 0 Å². The van der Waals surface area contributed by atoms with Gasteiger partial charge in [0.15, 0.2) is 0 Å². The number of carboxylic acid groups (broad SMARTS) is 1. The largest absolute Gasteiger partial charge is 0.550 e. The lowest BCUT2D eigenvalue weighted by Crippen LogP contribution is -2.22. The van der Waals surface area contributed by atoms with Crippen molar-refractivity contribution in [2.24, 2.45) is 0 Å². The van der Waals surface area contributed by atoms with Crippen LogP contribution in [0.4, 0.5) is 5.69 Å². The normalized spacial score (nSPS) is 10.5. The second-order valence-corrected chi connectivity index (χ2v) is 5.91. The molecule has 5 nitrogen and oxygen atoms in total. The predicted molar refractivity (Wildman–Crippen MR) is 98.0 cm³/mol. The van der Waals surface area contributed by atoms with E-state index in [2.05, 4.69) is 5.32 Å². The molecule has 0 aliphatic rings. The molecule has 1 amide bonds. The molecule has 5 heteroatoms. The van der Waals surface area contributed by atoms with Gasteiger partial charge in [-0.25, -0.2) is 0 Å². The Bertz CT molecular complexity index is 919. The van der Waals surface area contributed by atoms with E-state index in [1.807, 2.05) is 42.5 Å². The average molecular weight is 348 g/mol. The molecule has 1 N–H and O–H groups in total. The minimum atomic E-state index is -1.15. The Kier molecular flexibility index (Phi) is 5.49. The molecule has 0 unspecified atom stereocenters. The van der Waals surface area contributed by atoms with Crippen molar-refractivity contribution in [1.29, 1.82) is 0 Å². The summed E-state index contributed by atoms with van der Waals surface area (Å²) in [5.41, 5.74) is 0.634. The molecule has 0 saturated carbocycles. The van der Waals surface area contributed by atoms with Crippen molar-refractivity contribution in [2.75, 3.05) is 5.32 Å². The molecule has 3 aromatic rings. The van der Waals surface area contributed by atoms with Crippen molar-refractivity contribution in [1.82, 2.24) is 0 Å². The van der Waals surface area contributed by atoms with Crippen molar-refractivity contribution < 1.29 is 19.4 Å². The summed E-state index contributed by atoms with van der Waals surface area (Å²) in [6.45, 7) is 0. The Hall–Kier alpha value is -3.34. The van der Waals surface area contributed by atoms with Crippen LogP contribution in [0.15, 0.2) is 66.7 Å². The molecule has 3 aromatic carbocycles.